The number of nitrogens with two attached hydrogens (primary N) is 2. The van der Waals surface area contributed by atoms with Gasteiger partial charge in [0, 0.05) is 0 Å². The van der Waals surface area contributed by atoms with E-state index >= 15 is 0 Å². The summed E-state index contributed by atoms with van der Waals surface area (Å²) in [5, 5.41) is 0. The van der Waals surface area contributed by atoms with E-state index < -0.39 is 23.3 Å². The number of rotatable bonds is 2. The van der Waals surface area contributed by atoms with Crippen molar-refractivity contribution >= 4 is 11.8 Å². The maximum atomic E-state index is 11.1. The van der Waals surface area contributed by atoms with Crippen LogP contribution < -0.4 is 11.5 Å². The number of amides is 2. The van der Waals surface area contributed by atoms with Gasteiger partial charge < -0.3 is 16.2 Å². The Labute approximate surface area is 74.7 Å². The summed E-state index contributed by atoms with van der Waals surface area (Å²) in [6.45, 7) is 0. The van der Waals surface area contributed by atoms with Crippen molar-refractivity contribution in [2.24, 2.45) is 17.4 Å². The first-order chi connectivity index (χ1) is 6.06. The average Bonchev–Trinajstić information content (AvgIpc) is 2.60. The van der Waals surface area contributed by atoms with Gasteiger partial charge in [-0.1, -0.05) is 6.08 Å². The molecule has 1 fully saturated rings. The number of ether oxygens (including phenoxy) is 1. The normalized spacial score (nSPS) is 40.9. The summed E-state index contributed by atoms with van der Waals surface area (Å²) in [5.41, 5.74) is 9.05. The highest BCUT2D eigenvalue weighted by atomic mass is 16.5. The fourth-order valence-corrected chi connectivity index (χ4v) is 1.95. The van der Waals surface area contributed by atoms with Crippen LogP contribution in [0, 0.1) is 5.92 Å². The maximum Gasteiger partial charge on any atom is 0.254 e. The highest BCUT2D eigenvalue weighted by Gasteiger charge is 2.56. The zero-order valence-electron chi connectivity index (χ0n) is 6.90. The molecule has 0 saturated carbocycles. The van der Waals surface area contributed by atoms with Gasteiger partial charge in [-0.2, -0.15) is 0 Å². The SMILES string of the molecule is NC(=O)C1CC2C=CC1(C(N)=O)O2. The maximum absolute atomic E-state index is 11.1. The van der Waals surface area contributed by atoms with Crippen LogP contribution in [0.15, 0.2) is 12.2 Å². The van der Waals surface area contributed by atoms with Crippen LogP contribution in [0.1, 0.15) is 6.42 Å². The molecule has 13 heavy (non-hydrogen) atoms. The Hall–Kier alpha value is -1.36. The van der Waals surface area contributed by atoms with Gasteiger partial charge >= 0.3 is 0 Å². The molecule has 5 heteroatoms. The predicted molar refractivity (Wildman–Crippen MR) is 43.2 cm³/mol. The van der Waals surface area contributed by atoms with Gasteiger partial charge in [0.25, 0.3) is 5.91 Å². The summed E-state index contributed by atoms with van der Waals surface area (Å²) >= 11 is 0. The molecule has 1 saturated heterocycles. The second-order valence-corrected chi connectivity index (χ2v) is 3.36. The van der Waals surface area contributed by atoms with Crippen LogP contribution in [0.2, 0.25) is 0 Å². The van der Waals surface area contributed by atoms with Gasteiger partial charge in [0.2, 0.25) is 5.91 Å². The van der Waals surface area contributed by atoms with Crippen LogP contribution in [0.4, 0.5) is 0 Å². The van der Waals surface area contributed by atoms with E-state index in [1.807, 2.05) is 0 Å². The van der Waals surface area contributed by atoms with Gasteiger partial charge in [-0.05, 0) is 12.5 Å². The van der Waals surface area contributed by atoms with E-state index in [9.17, 15) is 9.59 Å². The fourth-order valence-electron chi connectivity index (χ4n) is 1.95. The molecule has 0 radical (unpaired) electrons. The summed E-state index contributed by atoms with van der Waals surface area (Å²) in [7, 11) is 0. The fraction of sp³-hybridized carbons (Fsp3) is 0.500. The number of hydrogen-bond acceptors (Lipinski definition) is 3. The van der Waals surface area contributed by atoms with Crippen LogP contribution in [0.5, 0.6) is 0 Å². The van der Waals surface area contributed by atoms with Gasteiger partial charge in [0.05, 0.1) is 12.0 Å². The summed E-state index contributed by atoms with van der Waals surface area (Å²) in [6.07, 6.45) is 3.54. The van der Waals surface area contributed by atoms with Crippen molar-refractivity contribution in [3.8, 4) is 0 Å². The molecule has 0 aromatic heterocycles. The predicted octanol–water partition coefficient (Wildman–Crippen LogP) is -1.33. The van der Waals surface area contributed by atoms with Gasteiger partial charge in [0.15, 0.2) is 5.60 Å². The highest BCUT2D eigenvalue weighted by Crippen LogP contribution is 2.42. The molecule has 0 spiro atoms. The molecule has 3 unspecified atom stereocenters. The lowest BCUT2D eigenvalue weighted by molar-refractivity contribution is -0.141. The van der Waals surface area contributed by atoms with Crippen molar-refractivity contribution in [1.29, 1.82) is 0 Å². The van der Waals surface area contributed by atoms with Crippen LogP contribution in [-0.2, 0) is 14.3 Å². The Kier molecular flexibility index (Phi) is 1.47. The van der Waals surface area contributed by atoms with Crippen LogP contribution in [0.25, 0.3) is 0 Å². The zero-order chi connectivity index (χ0) is 9.64. The lowest BCUT2D eigenvalue weighted by atomic mass is 9.82. The smallest absolute Gasteiger partial charge is 0.254 e. The van der Waals surface area contributed by atoms with Crippen LogP contribution in [0.3, 0.4) is 0 Å². The summed E-state index contributed by atoms with van der Waals surface area (Å²) in [4.78, 5) is 22.1. The number of fused-ring (bicyclic) bond motifs is 2. The molecule has 2 heterocycles. The third kappa shape index (κ3) is 0.904. The number of hydrogen-bond donors (Lipinski definition) is 2. The third-order valence-electron chi connectivity index (χ3n) is 2.62. The summed E-state index contributed by atoms with van der Waals surface area (Å²) < 4.78 is 5.31. The first-order valence-corrected chi connectivity index (χ1v) is 4.02. The van der Waals surface area contributed by atoms with E-state index in [-0.39, 0.29) is 6.10 Å². The second kappa shape index (κ2) is 2.32. The van der Waals surface area contributed by atoms with E-state index in [1.165, 1.54) is 0 Å². The minimum atomic E-state index is -1.27. The molecule has 0 aromatic carbocycles. The molecular formula is C8H10N2O3. The Morgan fingerprint density at radius 3 is 2.54 bits per heavy atom. The molecule has 0 aliphatic carbocycles. The van der Waals surface area contributed by atoms with Crippen molar-refractivity contribution in [2.75, 3.05) is 0 Å². The highest BCUT2D eigenvalue weighted by molar-refractivity contribution is 5.94. The first-order valence-electron chi connectivity index (χ1n) is 4.02. The van der Waals surface area contributed by atoms with E-state index in [2.05, 4.69) is 0 Å². The average molecular weight is 182 g/mol. The third-order valence-corrected chi connectivity index (χ3v) is 2.62. The quantitative estimate of drug-likeness (QED) is 0.518. The first kappa shape index (κ1) is 8.25. The largest absolute Gasteiger partial charge is 0.369 e. The Morgan fingerprint density at radius 2 is 2.15 bits per heavy atom. The molecule has 70 valence electrons. The Bertz CT molecular complexity index is 313. The molecule has 2 aliphatic rings. The minimum Gasteiger partial charge on any atom is -0.369 e. The van der Waals surface area contributed by atoms with Crippen molar-refractivity contribution in [3.63, 3.8) is 0 Å². The topological polar surface area (TPSA) is 95.4 Å². The standard InChI is InChI=1S/C8H10N2O3/c9-6(11)5-3-4-1-2-8(5,13-4)7(10)12/h1-2,4-5H,3H2,(H2,9,11)(H2,10,12). The van der Waals surface area contributed by atoms with Gasteiger partial charge in [-0.3, -0.25) is 9.59 Å². The Morgan fingerprint density at radius 1 is 1.46 bits per heavy atom. The molecule has 2 aliphatic heterocycles. The summed E-state index contributed by atoms with van der Waals surface area (Å²) in [6, 6.07) is 0. The van der Waals surface area contributed by atoms with E-state index in [0.29, 0.717) is 6.42 Å². The molecule has 2 rings (SSSR count). The second-order valence-electron chi connectivity index (χ2n) is 3.36. The number of carbonyl (C=O) groups is 2. The van der Waals surface area contributed by atoms with Gasteiger partial charge in [-0.25, -0.2) is 0 Å². The van der Waals surface area contributed by atoms with Crippen molar-refractivity contribution in [1.82, 2.24) is 0 Å². The van der Waals surface area contributed by atoms with Crippen molar-refractivity contribution < 1.29 is 14.3 Å². The van der Waals surface area contributed by atoms with Crippen molar-refractivity contribution in [2.45, 2.75) is 18.1 Å². The lowest BCUT2D eigenvalue weighted by Crippen LogP contribution is -2.50. The molecule has 3 atom stereocenters. The van der Waals surface area contributed by atoms with Crippen LogP contribution in [-0.4, -0.2) is 23.5 Å². The molecule has 0 aromatic rings. The molecular weight excluding hydrogens is 172 g/mol. The zero-order valence-corrected chi connectivity index (χ0v) is 6.90. The minimum absolute atomic E-state index is 0.190. The molecule has 4 N–H and O–H groups in total. The van der Waals surface area contributed by atoms with E-state index in [4.69, 9.17) is 16.2 Å². The molecule has 5 nitrogen and oxygen atoms in total. The summed E-state index contributed by atoms with van der Waals surface area (Å²) in [5.74, 6) is -1.79. The molecule has 2 amide bonds. The monoisotopic (exact) mass is 182 g/mol. The molecule has 2 bridgehead atoms. The van der Waals surface area contributed by atoms with E-state index in [0.717, 1.165) is 0 Å². The number of carbonyl (C=O) groups excluding carboxylic acids is 2. The van der Waals surface area contributed by atoms with Crippen LogP contribution >= 0.6 is 0 Å². The van der Waals surface area contributed by atoms with Gasteiger partial charge in [0.1, 0.15) is 0 Å². The Balaban J connectivity index is 2.39. The van der Waals surface area contributed by atoms with Gasteiger partial charge in [-0.15, -0.1) is 0 Å². The number of primary amides is 2. The lowest BCUT2D eigenvalue weighted by Gasteiger charge is -2.24. The van der Waals surface area contributed by atoms with Crippen molar-refractivity contribution in [3.05, 3.63) is 12.2 Å². The van der Waals surface area contributed by atoms with E-state index in [1.54, 1.807) is 12.2 Å².